The van der Waals surface area contributed by atoms with E-state index in [4.69, 9.17) is 25.8 Å². The highest BCUT2D eigenvalue weighted by atomic mass is 35.5. The first-order chi connectivity index (χ1) is 8.47. The second kappa shape index (κ2) is 6.01. The molecule has 6 nitrogen and oxygen atoms in total. The molecule has 1 N–H and O–H groups in total. The Morgan fingerprint density at radius 2 is 1.61 bits per heavy atom. The van der Waals surface area contributed by atoms with E-state index in [0.717, 1.165) is 0 Å². The molecule has 0 aromatic heterocycles. The third-order valence-electron chi connectivity index (χ3n) is 2.08. The maximum Gasteiger partial charge on any atom is 0.246 e. The lowest BCUT2D eigenvalue weighted by molar-refractivity contribution is 0.325. The Kier molecular flexibility index (Phi) is 4.92. The number of rotatable bonds is 6. The van der Waals surface area contributed by atoms with Gasteiger partial charge in [0.15, 0.2) is 11.5 Å². The predicted molar refractivity (Wildman–Crippen MR) is 69.4 cm³/mol. The van der Waals surface area contributed by atoms with Crippen molar-refractivity contribution in [2.45, 2.75) is 0 Å². The Bertz CT molecular complexity index is 492. The summed E-state index contributed by atoms with van der Waals surface area (Å²) in [6.07, 6.45) is 0. The van der Waals surface area contributed by atoms with Crippen LogP contribution < -0.4 is 18.9 Å². The normalized spacial score (nSPS) is 10.9. The van der Waals surface area contributed by atoms with E-state index in [1.807, 2.05) is 0 Å². The van der Waals surface area contributed by atoms with E-state index >= 15 is 0 Å². The molecule has 8 heteroatoms. The Morgan fingerprint density at radius 1 is 1.11 bits per heavy atom. The smallest absolute Gasteiger partial charge is 0.246 e. The number of ether oxygens (including phenoxy) is 3. The topological polar surface area (TPSA) is 73.9 Å². The van der Waals surface area contributed by atoms with E-state index < -0.39 is 15.2 Å². The van der Waals surface area contributed by atoms with Crippen molar-refractivity contribution in [1.82, 2.24) is 0 Å². The first kappa shape index (κ1) is 14.7. The maximum absolute atomic E-state index is 11.4. The van der Waals surface area contributed by atoms with E-state index in [2.05, 4.69) is 4.72 Å². The highest BCUT2D eigenvalue weighted by Gasteiger charge is 2.16. The zero-order valence-electron chi connectivity index (χ0n) is 10.2. The highest BCUT2D eigenvalue weighted by Crippen LogP contribution is 2.40. The van der Waals surface area contributed by atoms with Crippen LogP contribution in [0.25, 0.3) is 0 Å². The summed E-state index contributed by atoms with van der Waals surface area (Å²) in [7, 11) is 0.766. The van der Waals surface area contributed by atoms with Crippen molar-refractivity contribution in [3.8, 4) is 17.2 Å². The number of alkyl halides is 1. The van der Waals surface area contributed by atoms with E-state index in [1.54, 1.807) is 0 Å². The van der Waals surface area contributed by atoms with Gasteiger partial charge in [-0.15, -0.1) is 11.6 Å². The van der Waals surface area contributed by atoms with Gasteiger partial charge < -0.3 is 14.2 Å². The Balaban J connectivity index is 3.23. The predicted octanol–water partition coefficient (Wildman–Crippen LogP) is 1.65. The second-order valence-electron chi connectivity index (χ2n) is 3.24. The molecule has 0 aliphatic carbocycles. The minimum Gasteiger partial charge on any atom is -0.493 e. The minimum absolute atomic E-state index is 0.283. The number of sulfonamides is 1. The molecule has 0 unspecified atom stereocenters. The van der Waals surface area contributed by atoms with E-state index in [0.29, 0.717) is 17.2 Å². The molecule has 18 heavy (non-hydrogen) atoms. The van der Waals surface area contributed by atoms with Crippen molar-refractivity contribution in [2.75, 3.05) is 31.3 Å². The van der Waals surface area contributed by atoms with Crippen LogP contribution in [0, 0.1) is 0 Å². The molecule has 0 atom stereocenters. The molecule has 0 spiro atoms. The number of nitrogens with one attached hydrogen (secondary N) is 1. The molecule has 0 aliphatic rings. The molecule has 0 radical (unpaired) electrons. The summed E-state index contributed by atoms with van der Waals surface area (Å²) in [5.41, 5.74) is 0.283. The first-order valence-corrected chi connectivity index (χ1v) is 7.02. The molecule has 0 heterocycles. The van der Waals surface area contributed by atoms with Crippen molar-refractivity contribution < 1.29 is 22.6 Å². The van der Waals surface area contributed by atoms with Gasteiger partial charge in [-0.05, 0) is 0 Å². The summed E-state index contributed by atoms with van der Waals surface area (Å²) in [4.78, 5) is 0. The molecule has 0 saturated carbocycles. The molecular weight excluding hydrogens is 282 g/mol. The third kappa shape index (κ3) is 3.33. The van der Waals surface area contributed by atoms with Gasteiger partial charge in [0.2, 0.25) is 15.8 Å². The fourth-order valence-corrected chi connectivity index (χ4v) is 2.04. The lowest BCUT2D eigenvalue weighted by Gasteiger charge is -2.14. The Labute approximate surface area is 111 Å². The third-order valence-corrected chi connectivity index (χ3v) is 3.78. The van der Waals surface area contributed by atoms with Crippen LogP contribution in [-0.4, -0.2) is 35.0 Å². The van der Waals surface area contributed by atoms with Crippen LogP contribution in [0.3, 0.4) is 0 Å². The molecule has 1 aromatic carbocycles. The molecule has 1 rings (SSSR count). The van der Waals surface area contributed by atoms with Gasteiger partial charge in [0.1, 0.15) is 5.21 Å². The summed E-state index contributed by atoms with van der Waals surface area (Å²) in [6.45, 7) is 0. The average Bonchev–Trinajstić information content (AvgIpc) is 2.37. The lowest BCUT2D eigenvalue weighted by Crippen LogP contribution is -2.13. The van der Waals surface area contributed by atoms with Crippen LogP contribution >= 0.6 is 11.6 Å². The van der Waals surface area contributed by atoms with E-state index in [1.165, 1.54) is 33.5 Å². The van der Waals surface area contributed by atoms with Gasteiger partial charge >= 0.3 is 0 Å². The van der Waals surface area contributed by atoms with Gasteiger partial charge in [-0.3, -0.25) is 4.72 Å². The molecule has 0 aliphatic heterocycles. The SMILES string of the molecule is COc1cc(NS(=O)(=O)CCl)cc(OC)c1OC. The maximum atomic E-state index is 11.4. The summed E-state index contributed by atoms with van der Waals surface area (Å²) < 4.78 is 40.3. The van der Waals surface area contributed by atoms with Crippen molar-refractivity contribution in [1.29, 1.82) is 0 Å². The fraction of sp³-hybridized carbons (Fsp3) is 0.400. The van der Waals surface area contributed by atoms with Gasteiger partial charge in [-0.25, -0.2) is 8.42 Å². The zero-order chi connectivity index (χ0) is 13.8. The highest BCUT2D eigenvalue weighted by molar-refractivity contribution is 7.93. The largest absolute Gasteiger partial charge is 0.493 e. The van der Waals surface area contributed by atoms with Crippen molar-refractivity contribution in [2.24, 2.45) is 0 Å². The van der Waals surface area contributed by atoms with Gasteiger partial charge in [0.25, 0.3) is 0 Å². The van der Waals surface area contributed by atoms with Gasteiger partial charge in [-0.2, -0.15) is 0 Å². The van der Waals surface area contributed by atoms with Gasteiger partial charge in [0, 0.05) is 12.1 Å². The van der Waals surface area contributed by atoms with Crippen LogP contribution in [-0.2, 0) is 10.0 Å². The molecule has 0 saturated heterocycles. The number of hydrogen-bond donors (Lipinski definition) is 1. The molecule has 0 fully saturated rings. The van der Waals surface area contributed by atoms with Crippen LogP contribution in [0.1, 0.15) is 0 Å². The molecule has 0 bridgehead atoms. The first-order valence-electron chi connectivity index (χ1n) is 4.84. The number of methoxy groups -OCH3 is 3. The van der Waals surface area contributed by atoms with Crippen LogP contribution in [0.2, 0.25) is 0 Å². The second-order valence-corrected chi connectivity index (χ2v) is 5.55. The monoisotopic (exact) mass is 295 g/mol. The van der Waals surface area contributed by atoms with E-state index in [-0.39, 0.29) is 5.69 Å². The molecule has 0 amide bonds. The number of benzene rings is 1. The number of halogens is 1. The summed E-state index contributed by atoms with van der Waals surface area (Å²) in [6, 6.07) is 2.96. The number of anilines is 1. The van der Waals surface area contributed by atoms with Crippen molar-refractivity contribution >= 4 is 27.3 Å². The lowest BCUT2D eigenvalue weighted by atomic mass is 10.2. The Hall–Kier alpha value is -1.34. The van der Waals surface area contributed by atoms with Crippen molar-refractivity contribution in [3.05, 3.63) is 12.1 Å². The van der Waals surface area contributed by atoms with E-state index in [9.17, 15) is 8.42 Å². The fourth-order valence-electron chi connectivity index (χ4n) is 1.35. The zero-order valence-corrected chi connectivity index (χ0v) is 11.8. The molecule has 1 aromatic rings. The summed E-state index contributed by atoms with van der Waals surface area (Å²) in [5.74, 6) is 1.09. The Morgan fingerprint density at radius 3 is 1.94 bits per heavy atom. The quantitative estimate of drug-likeness (QED) is 0.808. The van der Waals surface area contributed by atoms with Crippen molar-refractivity contribution in [3.63, 3.8) is 0 Å². The minimum atomic E-state index is -3.58. The van der Waals surface area contributed by atoms with Crippen LogP contribution in [0.5, 0.6) is 17.2 Å². The average molecular weight is 296 g/mol. The standard InChI is InChI=1S/C10H14ClNO5S/c1-15-8-4-7(12-18(13,14)6-11)5-9(16-2)10(8)17-3/h4-5,12H,6H2,1-3H3. The van der Waals surface area contributed by atoms with Crippen LogP contribution in [0.15, 0.2) is 12.1 Å². The summed E-state index contributed by atoms with van der Waals surface area (Å²) >= 11 is 5.31. The molecular formula is C10H14ClNO5S. The van der Waals surface area contributed by atoms with Gasteiger partial charge in [0.05, 0.1) is 27.0 Å². The summed E-state index contributed by atoms with van der Waals surface area (Å²) in [5, 5.41) is -0.538. The van der Waals surface area contributed by atoms with Gasteiger partial charge in [-0.1, -0.05) is 0 Å². The molecule has 102 valence electrons. The van der Waals surface area contributed by atoms with Crippen LogP contribution in [0.4, 0.5) is 5.69 Å². The number of hydrogen-bond acceptors (Lipinski definition) is 5.